The molecule has 0 fully saturated rings. The van der Waals surface area contributed by atoms with Crippen LogP contribution in [0.4, 0.5) is 0 Å². The van der Waals surface area contributed by atoms with Crippen molar-refractivity contribution >= 4 is 34.1 Å². The second kappa shape index (κ2) is 5.16. The van der Waals surface area contributed by atoms with Gasteiger partial charge in [-0.2, -0.15) is 0 Å². The van der Waals surface area contributed by atoms with Gasteiger partial charge in [-0.3, -0.25) is 0 Å². The van der Waals surface area contributed by atoms with Crippen LogP contribution in [0.15, 0.2) is 52.9 Å². The van der Waals surface area contributed by atoms with Crippen LogP contribution < -0.4 is 16.4 Å². The van der Waals surface area contributed by atoms with Crippen LogP contribution in [-0.4, -0.2) is 6.71 Å². The standard InChI is InChI=1S/C25H21BO/c1-14-4-6-17-12-18-8-16(3)9-19-13-23-25(26(24(18)19)21(17)10-14)20-7-5-15(2)11-22(20)27-23/h4-11H,12-13H2,1-3H3. The van der Waals surface area contributed by atoms with Crippen molar-refractivity contribution in [1.82, 2.24) is 0 Å². The molecule has 4 aromatic rings. The molecule has 0 spiro atoms. The summed E-state index contributed by atoms with van der Waals surface area (Å²) in [5.41, 5.74) is 13.8. The molecule has 0 N–H and O–H groups in total. The first-order chi connectivity index (χ1) is 13.1. The molecular weight excluding hydrogens is 327 g/mol. The number of aryl methyl sites for hydroxylation is 3. The molecule has 0 saturated heterocycles. The van der Waals surface area contributed by atoms with Gasteiger partial charge in [-0.25, -0.2) is 0 Å². The van der Waals surface area contributed by atoms with Gasteiger partial charge in [0.05, 0.1) is 0 Å². The number of hydrogen-bond acceptors (Lipinski definition) is 1. The molecule has 130 valence electrons. The van der Waals surface area contributed by atoms with Crippen LogP contribution >= 0.6 is 0 Å². The van der Waals surface area contributed by atoms with E-state index in [2.05, 4.69) is 69.3 Å². The zero-order chi connectivity index (χ0) is 18.3. The van der Waals surface area contributed by atoms with Crippen LogP contribution in [0.25, 0.3) is 11.0 Å². The lowest BCUT2D eigenvalue weighted by Crippen LogP contribution is -2.60. The van der Waals surface area contributed by atoms with Gasteiger partial charge >= 0.3 is 0 Å². The molecule has 0 aliphatic carbocycles. The molecule has 1 aromatic heterocycles. The van der Waals surface area contributed by atoms with Gasteiger partial charge in [0.25, 0.3) is 0 Å². The second-order valence-electron chi connectivity index (χ2n) is 8.42. The molecule has 0 saturated carbocycles. The smallest absolute Gasteiger partial charge is 0.247 e. The van der Waals surface area contributed by atoms with Crippen molar-refractivity contribution in [2.24, 2.45) is 0 Å². The Kier molecular flexibility index (Phi) is 2.93. The first-order valence-corrected chi connectivity index (χ1v) is 9.82. The molecule has 3 heterocycles. The van der Waals surface area contributed by atoms with Crippen LogP contribution in [0.3, 0.4) is 0 Å². The Balaban J connectivity index is 1.74. The lowest BCUT2D eigenvalue weighted by atomic mass is 9.31. The summed E-state index contributed by atoms with van der Waals surface area (Å²) in [4.78, 5) is 0. The van der Waals surface area contributed by atoms with Crippen molar-refractivity contribution in [2.45, 2.75) is 33.6 Å². The summed E-state index contributed by atoms with van der Waals surface area (Å²) >= 11 is 0. The molecule has 0 amide bonds. The quantitative estimate of drug-likeness (QED) is 0.382. The van der Waals surface area contributed by atoms with Crippen molar-refractivity contribution in [3.8, 4) is 0 Å². The Labute approximate surface area is 160 Å². The number of fused-ring (bicyclic) bond motifs is 6. The maximum atomic E-state index is 6.41. The lowest BCUT2D eigenvalue weighted by Gasteiger charge is -2.32. The van der Waals surface area contributed by atoms with Crippen LogP contribution in [0.2, 0.25) is 0 Å². The Bertz CT molecular complexity index is 1260. The number of hydrogen-bond donors (Lipinski definition) is 0. The molecule has 2 aliphatic rings. The molecule has 2 aliphatic heterocycles. The maximum absolute atomic E-state index is 6.41. The predicted octanol–water partition coefficient (Wildman–Crippen LogP) is 3.68. The molecule has 3 aromatic carbocycles. The second-order valence-corrected chi connectivity index (χ2v) is 8.42. The molecule has 1 nitrogen and oxygen atoms in total. The summed E-state index contributed by atoms with van der Waals surface area (Å²) < 4.78 is 6.41. The Morgan fingerprint density at radius 1 is 0.704 bits per heavy atom. The van der Waals surface area contributed by atoms with Crippen molar-refractivity contribution in [1.29, 1.82) is 0 Å². The average Bonchev–Trinajstić information content (AvgIpc) is 2.98. The summed E-state index contributed by atoms with van der Waals surface area (Å²) in [6.45, 7) is 6.85. The number of rotatable bonds is 0. The fourth-order valence-electron chi connectivity index (χ4n) is 5.32. The molecule has 2 heteroatoms. The van der Waals surface area contributed by atoms with Crippen molar-refractivity contribution < 1.29 is 4.42 Å². The Morgan fingerprint density at radius 2 is 1.44 bits per heavy atom. The van der Waals surface area contributed by atoms with Crippen molar-refractivity contribution in [3.05, 3.63) is 87.7 Å². The van der Waals surface area contributed by atoms with Gasteiger partial charge in [-0.15, -0.1) is 0 Å². The van der Waals surface area contributed by atoms with Crippen LogP contribution in [0.1, 0.15) is 39.1 Å². The van der Waals surface area contributed by atoms with Crippen molar-refractivity contribution in [3.63, 3.8) is 0 Å². The van der Waals surface area contributed by atoms with E-state index in [1.165, 1.54) is 55.2 Å². The first kappa shape index (κ1) is 15.3. The fraction of sp³-hybridized carbons (Fsp3) is 0.200. The minimum absolute atomic E-state index is 0.298. The molecule has 0 unspecified atom stereocenters. The topological polar surface area (TPSA) is 13.1 Å². The van der Waals surface area contributed by atoms with Crippen LogP contribution in [-0.2, 0) is 12.8 Å². The fourth-order valence-corrected chi connectivity index (χ4v) is 5.32. The van der Waals surface area contributed by atoms with E-state index in [9.17, 15) is 0 Å². The minimum Gasteiger partial charge on any atom is -0.461 e. The molecule has 27 heavy (non-hydrogen) atoms. The predicted molar refractivity (Wildman–Crippen MR) is 114 cm³/mol. The van der Waals surface area contributed by atoms with Gasteiger partial charge in [0.2, 0.25) is 6.71 Å². The van der Waals surface area contributed by atoms with E-state index >= 15 is 0 Å². The van der Waals surface area contributed by atoms with Gasteiger partial charge in [0.15, 0.2) is 0 Å². The maximum Gasteiger partial charge on any atom is 0.247 e. The third-order valence-corrected chi connectivity index (χ3v) is 6.38. The van der Waals surface area contributed by atoms with E-state index in [0.29, 0.717) is 6.71 Å². The highest BCUT2D eigenvalue weighted by molar-refractivity contribution is 6.98. The summed E-state index contributed by atoms with van der Waals surface area (Å²) in [5.74, 6) is 1.15. The molecular formula is C25H21BO. The Hall–Kier alpha value is -2.74. The SMILES string of the molecule is Cc1cc2c3c(c1)Cc1oc4cc(C)ccc4c1B3c1cc(C)ccc1C2. The third-order valence-electron chi connectivity index (χ3n) is 6.38. The largest absolute Gasteiger partial charge is 0.461 e. The third kappa shape index (κ3) is 2.07. The molecule has 6 rings (SSSR count). The summed E-state index contributed by atoms with van der Waals surface area (Å²) in [7, 11) is 0. The monoisotopic (exact) mass is 348 g/mol. The van der Waals surface area contributed by atoms with E-state index in [1.54, 1.807) is 0 Å². The summed E-state index contributed by atoms with van der Waals surface area (Å²) in [6, 6.07) is 18.4. The lowest BCUT2D eigenvalue weighted by molar-refractivity contribution is 0.565. The normalized spacial score (nSPS) is 14.1. The van der Waals surface area contributed by atoms with E-state index in [-0.39, 0.29) is 0 Å². The van der Waals surface area contributed by atoms with Crippen LogP contribution in [0, 0.1) is 20.8 Å². The molecule has 0 bridgehead atoms. The minimum atomic E-state index is 0.298. The van der Waals surface area contributed by atoms with Gasteiger partial charge in [0.1, 0.15) is 11.3 Å². The summed E-state index contributed by atoms with van der Waals surface area (Å²) in [5, 5.41) is 1.28. The van der Waals surface area contributed by atoms with Crippen molar-refractivity contribution in [2.75, 3.05) is 0 Å². The van der Waals surface area contributed by atoms with Gasteiger partial charge in [0, 0.05) is 11.8 Å². The zero-order valence-corrected chi connectivity index (χ0v) is 16.0. The Morgan fingerprint density at radius 3 is 2.30 bits per heavy atom. The van der Waals surface area contributed by atoms with E-state index in [4.69, 9.17) is 4.42 Å². The highest BCUT2D eigenvalue weighted by Crippen LogP contribution is 2.29. The molecule has 0 radical (unpaired) electrons. The number of benzene rings is 3. The first-order valence-electron chi connectivity index (χ1n) is 9.82. The van der Waals surface area contributed by atoms with Gasteiger partial charge < -0.3 is 4.42 Å². The van der Waals surface area contributed by atoms with Gasteiger partial charge in [-0.1, -0.05) is 64.5 Å². The van der Waals surface area contributed by atoms with Crippen LogP contribution in [0.5, 0.6) is 0 Å². The molecule has 0 atom stereocenters. The highest BCUT2D eigenvalue weighted by Gasteiger charge is 2.40. The summed E-state index contributed by atoms with van der Waals surface area (Å²) in [6.07, 6.45) is 1.95. The highest BCUT2D eigenvalue weighted by atomic mass is 16.3. The van der Waals surface area contributed by atoms with E-state index in [1.807, 2.05) is 0 Å². The van der Waals surface area contributed by atoms with Gasteiger partial charge in [-0.05, 0) is 61.0 Å². The average molecular weight is 348 g/mol. The van der Waals surface area contributed by atoms with E-state index < -0.39 is 0 Å². The van der Waals surface area contributed by atoms with E-state index in [0.717, 1.165) is 24.2 Å². The zero-order valence-electron chi connectivity index (χ0n) is 16.0. The number of furan rings is 1.